The van der Waals surface area contributed by atoms with E-state index in [2.05, 4.69) is 39.8 Å². The van der Waals surface area contributed by atoms with E-state index in [1.165, 1.54) is 148 Å². The monoisotopic (exact) mass is 456 g/mol. The topological polar surface area (TPSA) is 0 Å². The van der Waals surface area contributed by atoms with Gasteiger partial charge < -0.3 is 0 Å². The van der Waals surface area contributed by atoms with Crippen LogP contribution >= 0.6 is 0 Å². The van der Waals surface area contributed by atoms with Crippen molar-refractivity contribution >= 4 is 0 Å². The van der Waals surface area contributed by atoms with Gasteiger partial charge in [-0.15, -0.1) is 0 Å². The van der Waals surface area contributed by atoms with Gasteiger partial charge in [0.2, 0.25) is 0 Å². The Morgan fingerprint density at radius 1 is 0.364 bits per heavy atom. The van der Waals surface area contributed by atoms with E-state index < -0.39 is 0 Å². The third-order valence-corrected chi connectivity index (χ3v) is 7.41. The van der Waals surface area contributed by atoms with Crippen LogP contribution in [0.1, 0.15) is 172 Å². The quantitative estimate of drug-likeness (QED) is 0.144. The van der Waals surface area contributed by atoms with Crippen LogP contribution in [0.4, 0.5) is 0 Å². The van der Waals surface area contributed by atoms with E-state index in [0.29, 0.717) is 0 Å². The molecule has 0 bridgehead atoms. The summed E-state index contributed by atoms with van der Waals surface area (Å²) in [6.45, 7) is 9.30. The fourth-order valence-electron chi connectivity index (χ4n) is 5.34. The second-order valence-electron chi connectivity index (χ2n) is 10.7. The summed E-state index contributed by atoms with van der Waals surface area (Å²) < 4.78 is 0. The molecule has 192 valence electrons. The van der Waals surface area contributed by atoms with Crippen LogP contribution in [0.2, 0.25) is 0 Å². The molecule has 0 amide bonds. The lowest BCUT2D eigenvalue weighted by Gasteiger charge is -2.18. The van der Waals surface area contributed by atoms with E-state index in [9.17, 15) is 0 Å². The number of hydrogen-bond acceptors (Lipinski definition) is 0. The Morgan fingerprint density at radius 3 is 1.12 bits per heavy atom. The number of hydrogen-bond donors (Lipinski definition) is 0. The van der Waals surface area contributed by atoms with Crippen LogP contribution in [-0.2, 0) is 25.7 Å². The van der Waals surface area contributed by atoms with Crippen molar-refractivity contribution in [2.75, 3.05) is 0 Å². The molecular weight excluding hydrogens is 396 g/mol. The van der Waals surface area contributed by atoms with Crippen molar-refractivity contribution in [1.29, 1.82) is 0 Å². The van der Waals surface area contributed by atoms with Crippen LogP contribution in [0.15, 0.2) is 12.1 Å². The van der Waals surface area contributed by atoms with Crippen molar-refractivity contribution in [3.63, 3.8) is 0 Å². The summed E-state index contributed by atoms with van der Waals surface area (Å²) >= 11 is 0. The molecule has 0 radical (unpaired) electrons. The van der Waals surface area contributed by atoms with Gasteiger partial charge in [-0.3, -0.25) is 0 Å². The molecule has 0 unspecified atom stereocenters. The van der Waals surface area contributed by atoms with Gasteiger partial charge in [-0.05, 0) is 67.2 Å². The van der Waals surface area contributed by atoms with Crippen molar-refractivity contribution in [1.82, 2.24) is 0 Å². The maximum atomic E-state index is 2.62. The van der Waals surface area contributed by atoms with E-state index >= 15 is 0 Å². The lowest BCUT2D eigenvalue weighted by Crippen LogP contribution is -2.04. The predicted octanol–water partition coefficient (Wildman–Crippen LogP) is 11.3. The molecule has 0 aliphatic heterocycles. The molecule has 0 heteroatoms. The van der Waals surface area contributed by atoms with Crippen LogP contribution in [0, 0.1) is 0 Å². The van der Waals surface area contributed by atoms with Crippen LogP contribution in [0.3, 0.4) is 0 Å². The smallest absolute Gasteiger partial charge is 0.0273 e. The Labute approximate surface area is 209 Å². The van der Waals surface area contributed by atoms with E-state index in [4.69, 9.17) is 0 Å². The van der Waals surface area contributed by atoms with Crippen molar-refractivity contribution in [2.45, 2.75) is 175 Å². The molecule has 1 aromatic rings. The van der Waals surface area contributed by atoms with Gasteiger partial charge in [0.1, 0.15) is 0 Å². The first-order valence-electron chi connectivity index (χ1n) is 15.4. The van der Waals surface area contributed by atoms with E-state index in [1.54, 1.807) is 22.3 Å². The number of rotatable bonds is 23. The number of aryl methyl sites for hydroxylation is 3. The Kier molecular flexibility index (Phi) is 19.9. The molecule has 1 aromatic carbocycles. The van der Waals surface area contributed by atoms with Gasteiger partial charge >= 0.3 is 0 Å². The average Bonchev–Trinajstić information content (AvgIpc) is 2.82. The van der Waals surface area contributed by atoms with E-state index in [1.807, 2.05) is 0 Å². The van der Waals surface area contributed by atoms with Crippen molar-refractivity contribution in [3.05, 3.63) is 34.4 Å². The molecule has 33 heavy (non-hydrogen) atoms. The lowest BCUT2D eigenvalue weighted by molar-refractivity contribution is 0.592. The maximum Gasteiger partial charge on any atom is -0.0273 e. The highest BCUT2D eigenvalue weighted by atomic mass is 14.2. The standard InChI is InChI=1S/C33H60/c1-5-9-12-15-18-21-25-31-28-30(24-8-4)29-32(26-22-19-16-13-10-6-2)33(31)27-23-20-17-14-11-7-3/h28-29H,5-27H2,1-4H3. The number of unbranched alkanes of at least 4 members (excludes halogenated alkanes) is 15. The summed E-state index contributed by atoms with van der Waals surface area (Å²) in [4.78, 5) is 0. The Bertz CT molecular complexity index is 518. The Morgan fingerprint density at radius 2 is 0.727 bits per heavy atom. The minimum absolute atomic E-state index is 1.25. The predicted molar refractivity (Wildman–Crippen MR) is 152 cm³/mol. The van der Waals surface area contributed by atoms with Crippen molar-refractivity contribution in [2.24, 2.45) is 0 Å². The molecule has 0 spiro atoms. The summed E-state index contributed by atoms with van der Waals surface area (Å²) in [7, 11) is 0. The van der Waals surface area contributed by atoms with Crippen LogP contribution in [0.5, 0.6) is 0 Å². The normalized spacial score (nSPS) is 11.4. The molecule has 1 rings (SSSR count). The first-order valence-corrected chi connectivity index (χ1v) is 15.4. The first kappa shape index (κ1) is 30.3. The van der Waals surface area contributed by atoms with Gasteiger partial charge in [0.05, 0.1) is 0 Å². The first-order chi connectivity index (χ1) is 16.3. The van der Waals surface area contributed by atoms with E-state index in [0.717, 1.165) is 0 Å². The van der Waals surface area contributed by atoms with Crippen molar-refractivity contribution in [3.8, 4) is 0 Å². The molecule has 0 aliphatic carbocycles. The molecule has 0 atom stereocenters. The SMILES string of the molecule is CCCCCCCCc1cc(CCC)cc(CCCCCCCC)c1CCCCCCCC. The fourth-order valence-corrected chi connectivity index (χ4v) is 5.34. The maximum absolute atomic E-state index is 2.62. The van der Waals surface area contributed by atoms with Gasteiger partial charge in [0, 0.05) is 0 Å². The molecule has 0 saturated carbocycles. The van der Waals surface area contributed by atoms with Gasteiger partial charge in [0.15, 0.2) is 0 Å². The molecule has 0 heterocycles. The van der Waals surface area contributed by atoms with Gasteiger partial charge in [-0.2, -0.15) is 0 Å². The lowest BCUT2D eigenvalue weighted by atomic mass is 9.87. The summed E-state index contributed by atoms with van der Waals surface area (Å²) in [5.74, 6) is 0. The zero-order valence-corrected chi connectivity index (χ0v) is 23.4. The summed E-state index contributed by atoms with van der Waals surface area (Å²) in [5, 5.41) is 0. The molecule has 0 fully saturated rings. The highest BCUT2D eigenvalue weighted by Gasteiger charge is 2.11. The molecular formula is C33H60. The molecule has 0 nitrogen and oxygen atoms in total. The number of benzene rings is 1. The van der Waals surface area contributed by atoms with Crippen LogP contribution in [0.25, 0.3) is 0 Å². The van der Waals surface area contributed by atoms with Crippen LogP contribution < -0.4 is 0 Å². The van der Waals surface area contributed by atoms with Gasteiger partial charge in [-0.25, -0.2) is 0 Å². The molecule has 0 saturated heterocycles. The largest absolute Gasteiger partial charge is 0.0654 e. The summed E-state index contributed by atoms with van der Waals surface area (Å²) in [6, 6.07) is 5.24. The zero-order valence-electron chi connectivity index (χ0n) is 23.4. The highest BCUT2D eigenvalue weighted by molar-refractivity contribution is 5.40. The third-order valence-electron chi connectivity index (χ3n) is 7.41. The summed E-state index contributed by atoms with van der Waals surface area (Å²) in [5.41, 5.74) is 6.84. The van der Waals surface area contributed by atoms with Gasteiger partial charge in [0.25, 0.3) is 0 Å². The Balaban J connectivity index is 2.81. The molecule has 0 aromatic heterocycles. The third kappa shape index (κ3) is 15.0. The second kappa shape index (κ2) is 21.7. The fraction of sp³-hybridized carbons (Fsp3) is 0.818. The van der Waals surface area contributed by atoms with E-state index in [-0.39, 0.29) is 0 Å². The zero-order chi connectivity index (χ0) is 24.0. The van der Waals surface area contributed by atoms with Crippen molar-refractivity contribution < 1.29 is 0 Å². The van der Waals surface area contributed by atoms with Gasteiger partial charge in [-0.1, -0.05) is 143 Å². The molecule has 0 N–H and O–H groups in total. The minimum atomic E-state index is 1.25. The van der Waals surface area contributed by atoms with Crippen LogP contribution in [-0.4, -0.2) is 0 Å². The highest BCUT2D eigenvalue weighted by Crippen LogP contribution is 2.26. The average molecular weight is 457 g/mol. The second-order valence-corrected chi connectivity index (χ2v) is 10.7. The Hall–Kier alpha value is -0.780. The summed E-state index contributed by atoms with van der Waals surface area (Å²) in [6.07, 6.45) is 31.8. The minimum Gasteiger partial charge on any atom is -0.0654 e. The molecule has 0 aliphatic rings.